The van der Waals surface area contributed by atoms with E-state index in [-0.39, 0.29) is 11.7 Å². The standard InChI is InChI=1S/C14H16Cl2O2/c1-8-5-6-12(17)9(7-8)14(18)13-10(15)3-2-4-11(13)16/h2-4,8-9,14,18H,5-7H2,1H3/t8-,9+,14+/m0/s1. The van der Waals surface area contributed by atoms with Crippen molar-refractivity contribution < 1.29 is 9.90 Å². The summed E-state index contributed by atoms with van der Waals surface area (Å²) >= 11 is 12.1. The van der Waals surface area contributed by atoms with Crippen molar-refractivity contribution in [2.75, 3.05) is 0 Å². The average Bonchev–Trinajstić information content (AvgIpc) is 2.32. The van der Waals surface area contributed by atoms with Gasteiger partial charge in [0.15, 0.2) is 0 Å². The van der Waals surface area contributed by atoms with Crippen LogP contribution in [0.15, 0.2) is 18.2 Å². The van der Waals surface area contributed by atoms with Crippen LogP contribution in [-0.2, 0) is 4.79 Å². The van der Waals surface area contributed by atoms with E-state index in [9.17, 15) is 9.90 Å². The molecule has 4 heteroatoms. The molecule has 0 aromatic heterocycles. The number of hydrogen-bond donors (Lipinski definition) is 1. The number of hydrogen-bond acceptors (Lipinski definition) is 2. The van der Waals surface area contributed by atoms with E-state index in [1.165, 1.54) is 0 Å². The highest BCUT2D eigenvalue weighted by Crippen LogP contribution is 2.39. The third-order valence-corrected chi connectivity index (χ3v) is 4.29. The lowest BCUT2D eigenvalue weighted by atomic mass is 9.77. The Kier molecular flexibility index (Phi) is 4.31. The minimum absolute atomic E-state index is 0.108. The van der Waals surface area contributed by atoms with Crippen LogP contribution in [0.25, 0.3) is 0 Å². The molecular formula is C14H16Cl2O2. The summed E-state index contributed by atoms with van der Waals surface area (Å²) in [5, 5.41) is 11.2. The summed E-state index contributed by atoms with van der Waals surface area (Å²) in [5.74, 6) is 0.173. The molecule has 1 aliphatic carbocycles. The Balaban J connectivity index is 2.30. The molecule has 0 radical (unpaired) electrons. The van der Waals surface area contributed by atoms with Crippen molar-refractivity contribution in [3.63, 3.8) is 0 Å². The van der Waals surface area contributed by atoms with Crippen molar-refractivity contribution in [2.45, 2.75) is 32.3 Å². The molecular weight excluding hydrogens is 271 g/mol. The summed E-state index contributed by atoms with van der Waals surface area (Å²) in [5.41, 5.74) is 0.480. The fraction of sp³-hybridized carbons (Fsp3) is 0.500. The van der Waals surface area contributed by atoms with Crippen molar-refractivity contribution in [1.82, 2.24) is 0 Å². The van der Waals surface area contributed by atoms with Crippen LogP contribution in [-0.4, -0.2) is 10.9 Å². The summed E-state index contributed by atoms with van der Waals surface area (Å²) in [6, 6.07) is 5.09. The Morgan fingerprint density at radius 2 is 1.94 bits per heavy atom. The largest absolute Gasteiger partial charge is 0.388 e. The van der Waals surface area contributed by atoms with E-state index in [0.29, 0.717) is 34.4 Å². The van der Waals surface area contributed by atoms with Gasteiger partial charge in [-0.1, -0.05) is 36.2 Å². The molecule has 1 fully saturated rings. The van der Waals surface area contributed by atoms with Crippen molar-refractivity contribution in [1.29, 1.82) is 0 Å². The number of aliphatic hydroxyl groups excluding tert-OH is 1. The number of Topliss-reactive ketones (excluding diaryl/α,β-unsaturated/α-hetero) is 1. The second-order valence-electron chi connectivity index (χ2n) is 5.03. The van der Waals surface area contributed by atoms with E-state index in [0.717, 1.165) is 6.42 Å². The molecule has 0 amide bonds. The number of aliphatic hydroxyl groups is 1. The highest BCUT2D eigenvalue weighted by molar-refractivity contribution is 6.36. The smallest absolute Gasteiger partial charge is 0.138 e. The summed E-state index contributed by atoms with van der Waals surface area (Å²) < 4.78 is 0. The number of benzene rings is 1. The first-order valence-corrected chi connectivity index (χ1v) is 6.91. The lowest BCUT2D eigenvalue weighted by molar-refractivity contribution is -0.129. The zero-order valence-corrected chi connectivity index (χ0v) is 11.7. The quantitative estimate of drug-likeness (QED) is 0.891. The zero-order chi connectivity index (χ0) is 13.3. The van der Waals surface area contributed by atoms with E-state index in [2.05, 4.69) is 6.92 Å². The van der Waals surface area contributed by atoms with Gasteiger partial charge in [-0.25, -0.2) is 0 Å². The number of halogens is 2. The molecule has 3 atom stereocenters. The Morgan fingerprint density at radius 1 is 1.33 bits per heavy atom. The predicted molar refractivity (Wildman–Crippen MR) is 72.9 cm³/mol. The van der Waals surface area contributed by atoms with Gasteiger partial charge in [-0.05, 0) is 30.9 Å². The molecule has 2 nitrogen and oxygen atoms in total. The van der Waals surface area contributed by atoms with Gasteiger partial charge in [0.05, 0.1) is 6.10 Å². The molecule has 0 saturated heterocycles. The van der Waals surface area contributed by atoms with Crippen LogP contribution in [0.3, 0.4) is 0 Å². The molecule has 0 unspecified atom stereocenters. The molecule has 1 aliphatic rings. The highest BCUT2D eigenvalue weighted by atomic mass is 35.5. The first kappa shape index (κ1) is 13.9. The van der Waals surface area contributed by atoms with Gasteiger partial charge in [0.25, 0.3) is 0 Å². The van der Waals surface area contributed by atoms with Crippen molar-refractivity contribution in [2.24, 2.45) is 11.8 Å². The van der Waals surface area contributed by atoms with Crippen LogP contribution in [0.1, 0.15) is 37.9 Å². The SMILES string of the molecule is C[C@H]1CCC(=O)[C@H]([C@@H](O)c2c(Cl)cccc2Cl)C1. The fourth-order valence-electron chi connectivity index (χ4n) is 2.56. The lowest BCUT2D eigenvalue weighted by Crippen LogP contribution is -2.29. The first-order chi connectivity index (χ1) is 8.50. The van der Waals surface area contributed by atoms with Crippen LogP contribution < -0.4 is 0 Å². The second-order valence-corrected chi connectivity index (χ2v) is 5.85. The third-order valence-electron chi connectivity index (χ3n) is 3.63. The van der Waals surface area contributed by atoms with E-state index >= 15 is 0 Å². The van der Waals surface area contributed by atoms with E-state index in [1.54, 1.807) is 18.2 Å². The molecule has 18 heavy (non-hydrogen) atoms. The molecule has 0 bridgehead atoms. The normalized spacial score (nSPS) is 26.1. The molecule has 0 spiro atoms. The average molecular weight is 287 g/mol. The molecule has 1 N–H and O–H groups in total. The molecule has 1 aromatic carbocycles. The summed E-state index contributed by atoms with van der Waals surface area (Å²) in [4.78, 5) is 11.9. The Morgan fingerprint density at radius 3 is 2.56 bits per heavy atom. The molecule has 0 heterocycles. The Hall–Kier alpha value is -0.570. The Labute approximate surface area is 117 Å². The molecule has 0 aliphatic heterocycles. The van der Waals surface area contributed by atoms with Crippen molar-refractivity contribution >= 4 is 29.0 Å². The topological polar surface area (TPSA) is 37.3 Å². The zero-order valence-electron chi connectivity index (χ0n) is 10.2. The van der Waals surface area contributed by atoms with Gasteiger partial charge in [0.1, 0.15) is 5.78 Å². The van der Waals surface area contributed by atoms with Crippen molar-refractivity contribution in [3.05, 3.63) is 33.8 Å². The monoisotopic (exact) mass is 286 g/mol. The first-order valence-electron chi connectivity index (χ1n) is 6.15. The minimum Gasteiger partial charge on any atom is -0.388 e. The number of carbonyl (C=O) groups excluding carboxylic acids is 1. The number of ketones is 1. The Bertz CT molecular complexity index is 439. The van der Waals surface area contributed by atoms with Gasteiger partial charge >= 0.3 is 0 Å². The predicted octanol–water partition coefficient (Wildman–Crippen LogP) is 4.03. The molecule has 2 rings (SSSR count). The summed E-state index contributed by atoms with van der Waals surface area (Å²) in [6.45, 7) is 2.10. The van der Waals surface area contributed by atoms with E-state index in [4.69, 9.17) is 23.2 Å². The summed E-state index contributed by atoms with van der Waals surface area (Å²) in [7, 11) is 0. The van der Waals surface area contributed by atoms with Gasteiger partial charge in [-0.3, -0.25) is 4.79 Å². The fourth-order valence-corrected chi connectivity index (χ4v) is 3.18. The van der Waals surface area contributed by atoms with Gasteiger partial charge < -0.3 is 5.11 Å². The van der Waals surface area contributed by atoms with Crippen LogP contribution in [0.2, 0.25) is 10.0 Å². The van der Waals surface area contributed by atoms with Gasteiger partial charge in [-0.2, -0.15) is 0 Å². The van der Waals surface area contributed by atoms with E-state index < -0.39 is 6.10 Å². The highest BCUT2D eigenvalue weighted by Gasteiger charge is 2.34. The lowest BCUT2D eigenvalue weighted by Gasteiger charge is -2.30. The minimum atomic E-state index is -0.901. The maximum atomic E-state index is 11.9. The van der Waals surface area contributed by atoms with E-state index in [1.807, 2.05) is 0 Å². The molecule has 1 saturated carbocycles. The molecule has 98 valence electrons. The van der Waals surface area contributed by atoms with Crippen LogP contribution in [0, 0.1) is 11.8 Å². The summed E-state index contributed by atoms with van der Waals surface area (Å²) in [6.07, 6.45) is 1.23. The molecule has 1 aromatic rings. The van der Waals surface area contributed by atoms with Crippen molar-refractivity contribution in [3.8, 4) is 0 Å². The van der Waals surface area contributed by atoms with Crippen LogP contribution in [0.4, 0.5) is 0 Å². The number of rotatable bonds is 2. The maximum Gasteiger partial charge on any atom is 0.138 e. The second kappa shape index (κ2) is 5.60. The van der Waals surface area contributed by atoms with Gasteiger partial charge in [-0.15, -0.1) is 0 Å². The maximum absolute atomic E-state index is 11.9. The van der Waals surface area contributed by atoms with Gasteiger partial charge in [0.2, 0.25) is 0 Å². The van der Waals surface area contributed by atoms with Gasteiger partial charge in [0, 0.05) is 27.9 Å². The van der Waals surface area contributed by atoms with Crippen LogP contribution in [0.5, 0.6) is 0 Å². The third kappa shape index (κ3) is 2.71. The van der Waals surface area contributed by atoms with Crippen LogP contribution >= 0.6 is 23.2 Å². The number of carbonyl (C=O) groups is 1.